The molecule has 0 aliphatic carbocycles. The maximum Gasteiger partial charge on any atom is 0.149 e. The van der Waals surface area contributed by atoms with Crippen molar-refractivity contribution in [2.24, 2.45) is 0 Å². The lowest BCUT2D eigenvalue weighted by molar-refractivity contribution is 0.286. The summed E-state index contributed by atoms with van der Waals surface area (Å²) in [6.45, 7) is 11.7. The molecule has 0 aromatic heterocycles. The summed E-state index contributed by atoms with van der Waals surface area (Å²) in [5.74, 6) is 8.79. The molecule has 4 nitrogen and oxygen atoms in total. The first-order valence-electron chi connectivity index (χ1n) is 10.4. The van der Waals surface area contributed by atoms with Crippen LogP contribution < -0.4 is 14.4 Å². The fourth-order valence-electron chi connectivity index (χ4n) is 3.61. The average Bonchev–Trinajstić information content (AvgIpc) is 2.74. The Morgan fingerprint density at radius 2 is 1.70 bits per heavy atom. The minimum absolute atomic E-state index is 0. The van der Waals surface area contributed by atoms with E-state index in [0.717, 1.165) is 44.2 Å². The van der Waals surface area contributed by atoms with Crippen LogP contribution in [-0.2, 0) is 0 Å². The third-order valence-corrected chi connectivity index (χ3v) is 5.32. The fraction of sp³-hybridized carbons (Fsp3) is 0.440. The lowest BCUT2D eigenvalue weighted by Crippen LogP contribution is -2.46. The Labute approximate surface area is 187 Å². The standard InChI is InChI=1S/C25H32N2O2.ClH/c1-20(2)22-12-11-21(3)19-25(22)29-18-8-7-13-26-14-16-27(17-15-26)23-9-5-6-10-24(23)28-4;/h5-6,9-12,19-20H,13-18H2,1-4H3;1H. The van der Waals surface area contributed by atoms with Crippen molar-refractivity contribution in [3.8, 4) is 23.3 Å². The fourth-order valence-corrected chi connectivity index (χ4v) is 3.61. The first-order chi connectivity index (χ1) is 14.1. The van der Waals surface area contributed by atoms with Crippen molar-refractivity contribution in [2.75, 3.05) is 51.3 Å². The lowest BCUT2D eigenvalue weighted by Gasteiger charge is -2.35. The molecule has 3 rings (SSSR count). The van der Waals surface area contributed by atoms with Crippen molar-refractivity contribution in [3.63, 3.8) is 0 Å². The van der Waals surface area contributed by atoms with E-state index >= 15 is 0 Å². The van der Waals surface area contributed by atoms with Crippen LogP contribution in [0.4, 0.5) is 5.69 Å². The van der Waals surface area contributed by atoms with E-state index in [9.17, 15) is 0 Å². The van der Waals surface area contributed by atoms with E-state index in [1.54, 1.807) is 7.11 Å². The van der Waals surface area contributed by atoms with Gasteiger partial charge in [0, 0.05) is 26.2 Å². The number of nitrogens with zero attached hydrogens (tertiary/aromatic N) is 2. The molecule has 1 heterocycles. The van der Waals surface area contributed by atoms with Crippen LogP contribution in [0.15, 0.2) is 42.5 Å². The molecule has 1 saturated heterocycles. The van der Waals surface area contributed by atoms with Gasteiger partial charge in [-0.1, -0.05) is 50.0 Å². The van der Waals surface area contributed by atoms with Gasteiger partial charge in [0.2, 0.25) is 0 Å². The van der Waals surface area contributed by atoms with Crippen LogP contribution in [0.1, 0.15) is 30.9 Å². The second kappa shape index (κ2) is 11.7. The number of para-hydroxylation sites is 2. The molecule has 0 unspecified atom stereocenters. The molecule has 0 amide bonds. The molecule has 30 heavy (non-hydrogen) atoms. The van der Waals surface area contributed by atoms with Gasteiger partial charge < -0.3 is 14.4 Å². The number of ether oxygens (including phenoxy) is 2. The largest absolute Gasteiger partial charge is 0.495 e. The number of halogens is 1. The van der Waals surface area contributed by atoms with E-state index in [1.807, 2.05) is 12.1 Å². The van der Waals surface area contributed by atoms with Crippen LogP contribution in [0.3, 0.4) is 0 Å². The van der Waals surface area contributed by atoms with Crippen LogP contribution in [0, 0.1) is 18.8 Å². The van der Waals surface area contributed by atoms with Crippen molar-refractivity contribution in [1.82, 2.24) is 4.90 Å². The van der Waals surface area contributed by atoms with E-state index in [2.05, 4.69) is 72.7 Å². The van der Waals surface area contributed by atoms with Crippen LogP contribution in [0.5, 0.6) is 11.5 Å². The predicted molar refractivity (Wildman–Crippen MR) is 127 cm³/mol. The van der Waals surface area contributed by atoms with Crippen molar-refractivity contribution in [3.05, 3.63) is 53.6 Å². The SMILES string of the molecule is COc1ccccc1N1CCN(CC#CCOc2cc(C)ccc2C(C)C)CC1.Cl. The Balaban J connectivity index is 0.00000320. The normalized spacial score (nSPS) is 14.0. The highest BCUT2D eigenvalue weighted by atomic mass is 35.5. The third kappa shape index (κ3) is 6.32. The highest BCUT2D eigenvalue weighted by Crippen LogP contribution is 2.28. The minimum atomic E-state index is 0. The van der Waals surface area contributed by atoms with Gasteiger partial charge in [0.1, 0.15) is 18.1 Å². The Hall–Kier alpha value is -2.35. The number of anilines is 1. The quantitative estimate of drug-likeness (QED) is 0.619. The second-order valence-electron chi connectivity index (χ2n) is 7.77. The van der Waals surface area contributed by atoms with E-state index in [-0.39, 0.29) is 12.4 Å². The number of methoxy groups -OCH3 is 1. The number of hydrogen-bond donors (Lipinski definition) is 0. The molecule has 0 spiro atoms. The summed E-state index contributed by atoms with van der Waals surface area (Å²) in [7, 11) is 1.73. The summed E-state index contributed by atoms with van der Waals surface area (Å²) in [4.78, 5) is 4.78. The molecular weight excluding hydrogens is 396 g/mol. The van der Waals surface area contributed by atoms with Gasteiger partial charge in [-0.2, -0.15) is 0 Å². The highest BCUT2D eigenvalue weighted by molar-refractivity contribution is 5.85. The monoisotopic (exact) mass is 428 g/mol. The molecule has 2 aromatic rings. The van der Waals surface area contributed by atoms with Crippen molar-refractivity contribution in [2.45, 2.75) is 26.7 Å². The number of benzene rings is 2. The van der Waals surface area contributed by atoms with Gasteiger partial charge in [-0.15, -0.1) is 12.4 Å². The topological polar surface area (TPSA) is 24.9 Å². The molecule has 162 valence electrons. The van der Waals surface area contributed by atoms with Crippen molar-refractivity contribution < 1.29 is 9.47 Å². The number of hydrogen-bond acceptors (Lipinski definition) is 4. The first kappa shape index (κ1) is 23.9. The molecule has 0 radical (unpaired) electrons. The molecule has 2 aromatic carbocycles. The van der Waals surface area contributed by atoms with Gasteiger partial charge in [-0.25, -0.2) is 0 Å². The summed E-state index contributed by atoms with van der Waals surface area (Å²) >= 11 is 0. The maximum absolute atomic E-state index is 5.95. The van der Waals surface area contributed by atoms with Gasteiger partial charge in [-0.05, 0) is 42.2 Å². The molecule has 1 fully saturated rings. The molecule has 0 N–H and O–H groups in total. The highest BCUT2D eigenvalue weighted by Gasteiger charge is 2.18. The second-order valence-corrected chi connectivity index (χ2v) is 7.77. The van der Waals surface area contributed by atoms with Gasteiger partial charge in [-0.3, -0.25) is 4.90 Å². The zero-order valence-corrected chi connectivity index (χ0v) is 19.3. The van der Waals surface area contributed by atoms with Crippen molar-refractivity contribution >= 4 is 18.1 Å². The van der Waals surface area contributed by atoms with E-state index in [1.165, 1.54) is 16.8 Å². The van der Waals surface area contributed by atoms with E-state index in [0.29, 0.717) is 12.5 Å². The van der Waals surface area contributed by atoms with E-state index < -0.39 is 0 Å². The Morgan fingerprint density at radius 3 is 2.40 bits per heavy atom. The Bertz CT molecular complexity index is 865. The molecule has 0 atom stereocenters. The number of aryl methyl sites for hydroxylation is 1. The zero-order valence-electron chi connectivity index (χ0n) is 18.5. The van der Waals surface area contributed by atoms with Gasteiger partial charge in [0.15, 0.2) is 0 Å². The average molecular weight is 429 g/mol. The summed E-state index contributed by atoms with van der Waals surface area (Å²) in [6, 6.07) is 14.6. The van der Waals surface area contributed by atoms with Crippen LogP contribution in [0.25, 0.3) is 0 Å². The number of rotatable bonds is 6. The summed E-state index contributed by atoms with van der Waals surface area (Å²) in [5.41, 5.74) is 3.63. The van der Waals surface area contributed by atoms with Crippen LogP contribution in [0.2, 0.25) is 0 Å². The molecule has 1 aliphatic rings. The molecule has 0 saturated carbocycles. The Kier molecular flexibility index (Phi) is 9.36. The van der Waals surface area contributed by atoms with Crippen molar-refractivity contribution in [1.29, 1.82) is 0 Å². The van der Waals surface area contributed by atoms with Gasteiger partial charge in [0.05, 0.1) is 19.3 Å². The molecule has 0 bridgehead atoms. The minimum Gasteiger partial charge on any atom is -0.495 e. The van der Waals surface area contributed by atoms with Gasteiger partial charge in [0.25, 0.3) is 0 Å². The summed E-state index contributed by atoms with van der Waals surface area (Å²) < 4.78 is 11.4. The Morgan fingerprint density at radius 1 is 0.967 bits per heavy atom. The van der Waals surface area contributed by atoms with Gasteiger partial charge >= 0.3 is 0 Å². The summed E-state index contributed by atoms with van der Waals surface area (Å²) in [5, 5.41) is 0. The molecule has 1 aliphatic heterocycles. The maximum atomic E-state index is 5.95. The van der Waals surface area contributed by atoms with Crippen LogP contribution >= 0.6 is 12.4 Å². The predicted octanol–water partition coefficient (Wildman–Crippen LogP) is 4.75. The zero-order chi connectivity index (χ0) is 20.6. The molecular formula is C25H33ClN2O2. The summed E-state index contributed by atoms with van der Waals surface area (Å²) in [6.07, 6.45) is 0. The van der Waals surface area contributed by atoms with E-state index in [4.69, 9.17) is 9.47 Å². The lowest BCUT2D eigenvalue weighted by atomic mass is 10.0. The third-order valence-electron chi connectivity index (χ3n) is 5.32. The smallest absolute Gasteiger partial charge is 0.149 e. The van der Waals surface area contributed by atoms with Crippen LogP contribution in [-0.4, -0.2) is 51.3 Å². The number of piperazine rings is 1. The first-order valence-corrected chi connectivity index (χ1v) is 10.4. The molecule has 5 heteroatoms.